The zero-order valence-corrected chi connectivity index (χ0v) is 32.6. The van der Waals surface area contributed by atoms with Gasteiger partial charge in [0.2, 0.25) is 5.91 Å². The Kier molecular flexibility index (Phi) is 8.10. The standard InChI is InChI=1S/C43H67NO6/c1-37(2)29(25-33(37)49-26-45)35(46)50-32-13-14-40(6)30(38(32,3)4)12-15-42(8)31(40)10-9-28-34-27(39(5)17-18-39)11-16-43(34,20-19-41(28,42)7)36(47)44-21-23-48-24-22-44/h26-34H,9-25H2,1-8H3/t27-,28-,29-,30+,31-,32+,33-,34-,40+,41-,42-,43+/m1/s1. The Bertz CT molecular complexity index is 1400. The molecule has 0 bridgehead atoms. The summed E-state index contributed by atoms with van der Waals surface area (Å²) in [5, 5.41) is 0. The third kappa shape index (κ3) is 4.64. The van der Waals surface area contributed by atoms with Crippen LogP contribution in [0.4, 0.5) is 0 Å². The average Bonchev–Trinajstić information content (AvgIpc) is 3.69. The van der Waals surface area contributed by atoms with Crippen molar-refractivity contribution in [2.75, 3.05) is 26.3 Å². The molecule has 7 nitrogen and oxygen atoms in total. The van der Waals surface area contributed by atoms with Gasteiger partial charge in [0.05, 0.1) is 24.5 Å². The molecule has 0 N–H and O–H groups in total. The van der Waals surface area contributed by atoms with Gasteiger partial charge in [0.25, 0.3) is 6.47 Å². The number of esters is 1. The number of nitrogens with zero attached hydrogens (tertiary/aromatic N) is 1. The molecule has 1 saturated heterocycles. The number of carbonyl (C=O) groups is 3. The Balaban J connectivity index is 1.05. The van der Waals surface area contributed by atoms with E-state index in [-0.39, 0.29) is 51.2 Å². The summed E-state index contributed by atoms with van der Waals surface area (Å²) in [5.74, 6) is 3.06. The number of amides is 1. The van der Waals surface area contributed by atoms with E-state index in [9.17, 15) is 14.4 Å². The molecule has 0 aromatic heterocycles. The van der Waals surface area contributed by atoms with Crippen molar-refractivity contribution in [3.8, 4) is 0 Å². The third-order valence-corrected chi connectivity index (χ3v) is 19.0. The molecule has 50 heavy (non-hydrogen) atoms. The molecule has 7 heteroatoms. The van der Waals surface area contributed by atoms with E-state index in [4.69, 9.17) is 14.2 Å². The lowest BCUT2D eigenvalue weighted by atomic mass is 9.32. The lowest BCUT2D eigenvalue weighted by Crippen LogP contribution is -2.68. The Hall–Kier alpha value is -1.63. The van der Waals surface area contributed by atoms with Crippen LogP contribution in [0.5, 0.6) is 0 Å². The Morgan fingerprint density at radius 2 is 1.42 bits per heavy atom. The smallest absolute Gasteiger partial charge is 0.310 e. The maximum Gasteiger partial charge on any atom is 0.310 e. The van der Waals surface area contributed by atoms with E-state index in [1.165, 1.54) is 51.4 Å². The molecule has 12 atom stereocenters. The van der Waals surface area contributed by atoms with E-state index in [1.54, 1.807) is 0 Å². The molecule has 8 rings (SSSR count). The van der Waals surface area contributed by atoms with E-state index in [0.717, 1.165) is 38.8 Å². The molecule has 1 aliphatic heterocycles. The minimum Gasteiger partial charge on any atom is -0.464 e. The molecule has 0 spiro atoms. The van der Waals surface area contributed by atoms with Crippen LogP contribution in [0.15, 0.2) is 0 Å². The van der Waals surface area contributed by atoms with Gasteiger partial charge >= 0.3 is 5.97 Å². The number of fused-ring (bicyclic) bond motifs is 7. The highest BCUT2D eigenvalue weighted by molar-refractivity contribution is 5.84. The van der Waals surface area contributed by atoms with Crippen LogP contribution >= 0.6 is 0 Å². The van der Waals surface area contributed by atoms with Crippen molar-refractivity contribution in [2.45, 2.75) is 151 Å². The Labute approximate surface area is 302 Å². The van der Waals surface area contributed by atoms with Crippen molar-refractivity contribution >= 4 is 18.3 Å². The number of hydrogen-bond acceptors (Lipinski definition) is 6. The zero-order chi connectivity index (χ0) is 35.7. The van der Waals surface area contributed by atoms with Gasteiger partial charge in [-0.25, -0.2) is 0 Å². The Morgan fingerprint density at radius 3 is 2.08 bits per heavy atom. The molecule has 0 aromatic rings. The average molecular weight is 694 g/mol. The van der Waals surface area contributed by atoms with Crippen molar-refractivity contribution < 1.29 is 28.6 Å². The van der Waals surface area contributed by atoms with E-state index in [0.29, 0.717) is 67.0 Å². The summed E-state index contributed by atoms with van der Waals surface area (Å²) < 4.78 is 17.5. The van der Waals surface area contributed by atoms with Crippen LogP contribution in [-0.4, -0.2) is 61.8 Å². The van der Waals surface area contributed by atoms with Crippen molar-refractivity contribution in [2.24, 2.45) is 73.4 Å². The number of rotatable bonds is 6. The van der Waals surface area contributed by atoms with Crippen molar-refractivity contribution in [3.05, 3.63) is 0 Å². The molecule has 0 radical (unpaired) electrons. The molecular weight excluding hydrogens is 626 g/mol. The maximum absolute atomic E-state index is 14.8. The second-order valence-corrected chi connectivity index (χ2v) is 21.2. The van der Waals surface area contributed by atoms with Gasteiger partial charge < -0.3 is 19.1 Å². The zero-order valence-electron chi connectivity index (χ0n) is 32.6. The summed E-state index contributed by atoms with van der Waals surface area (Å²) >= 11 is 0. The topological polar surface area (TPSA) is 82.1 Å². The van der Waals surface area contributed by atoms with Crippen LogP contribution in [0.2, 0.25) is 0 Å². The molecule has 8 aliphatic rings. The molecule has 7 saturated carbocycles. The lowest BCUT2D eigenvalue weighted by molar-refractivity contribution is -0.253. The van der Waals surface area contributed by atoms with Gasteiger partial charge in [0.1, 0.15) is 12.2 Å². The van der Waals surface area contributed by atoms with Crippen molar-refractivity contribution in [3.63, 3.8) is 0 Å². The van der Waals surface area contributed by atoms with Crippen LogP contribution in [0.25, 0.3) is 0 Å². The molecule has 0 unspecified atom stereocenters. The highest BCUT2D eigenvalue weighted by Crippen LogP contribution is 2.79. The third-order valence-electron chi connectivity index (χ3n) is 19.0. The number of ether oxygens (including phenoxy) is 3. The van der Waals surface area contributed by atoms with Gasteiger partial charge in [-0.05, 0) is 135 Å². The first kappa shape index (κ1) is 35.4. The van der Waals surface area contributed by atoms with Gasteiger partial charge in [-0.2, -0.15) is 0 Å². The summed E-state index contributed by atoms with van der Waals surface area (Å²) in [6.07, 6.45) is 14.5. The molecule has 1 heterocycles. The first-order valence-corrected chi connectivity index (χ1v) is 20.7. The molecule has 1 amide bonds. The second kappa shape index (κ2) is 11.4. The largest absolute Gasteiger partial charge is 0.464 e. The monoisotopic (exact) mass is 693 g/mol. The highest BCUT2D eigenvalue weighted by Gasteiger charge is 2.74. The second-order valence-electron chi connectivity index (χ2n) is 21.2. The summed E-state index contributed by atoms with van der Waals surface area (Å²) in [7, 11) is 0. The minimum atomic E-state index is -0.397. The summed E-state index contributed by atoms with van der Waals surface area (Å²) in [6.45, 7) is 22.8. The molecular formula is C43H67NO6. The molecule has 280 valence electrons. The predicted octanol–water partition coefficient (Wildman–Crippen LogP) is 8.23. The molecule has 8 fully saturated rings. The highest BCUT2D eigenvalue weighted by atomic mass is 16.6. The van der Waals surface area contributed by atoms with Crippen LogP contribution in [-0.2, 0) is 28.6 Å². The van der Waals surface area contributed by atoms with E-state index >= 15 is 0 Å². The van der Waals surface area contributed by atoms with Gasteiger partial charge in [0, 0.05) is 23.9 Å². The summed E-state index contributed by atoms with van der Waals surface area (Å²) in [4.78, 5) is 41.6. The van der Waals surface area contributed by atoms with E-state index < -0.39 is 5.41 Å². The fourth-order valence-electron chi connectivity index (χ4n) is 15.4. The molecule has 7 aliphatic carbocycles. The predicted molar refractivity (Wildman–Crippen MR) is 192 cm³/mol. The first-order chi connectivity index (χ1) is 23.5. The Morgan fingerprint density at radius 1 is 0.700 bits per heavy atom. The van der Waals surface area contributed by atoms with Crippen LogP contribution in [0.1, 0.15) is 139 Å². The van der Waals surface area contributed by atoms with Gasteiger partial charge in [-0.1, -0.05) is 55.4 Å². The van der Waals surface area contributed by atoms with E-state index in [1.807, 2.05) is 13.8 Å². The van der Waals surface area contributed by atoms with Crippen LogP contribution in [0, 0.1) is 73.4 Å². The fraction of sp³-hybridized carbons (Fsp3) is 0.930. The van der Waals surface area contributed by atoms with Crippen molar-refractivity contribution in [1.29, 1.82) is 0 Å². The maximum atomic E-state index is 14.8. The van der Waals surface area contributed by atoms with Crippen LogP contribution < -0.4 is 0 Å². The first-order valence-electron chi connectivity index (χ1n) is 20.7. The van der Waals surface area contributed by atoms with Gasteiger partial charge in [0.15, 0.2) is 0 Å². The fourth-order valence-corrected chi connectivity index (χ4v) is 15.4. The molecule has 0 aromatic carbocycles. The normalized spacial score (nSPS) is 49.6. The van der Waals surface area contributed by atoms with E-state index in [2.05, 4.69) is 46.4 Å². The van der Waals surface area contributed by atoms with Crippen molar-refractivity contribution in [1.82, 2.24) is 4.90 Å². The number of morpholine rings is 1. The lowest BCUT2D eigenvalue weighted by Gasteiger charge is -2.73. The number of carbonyl (C=O) groups excluding carboxylic acids is 3. The SMILES string of the molecule is CC1([C@@H]2CC[C@]3(C(=O)N4CCOCC4)CC[C@]4(C)[C@H](CC[C@@H]5[C@@]6(C)CC[C@H](OC(=O)[C@H]7C[C@@H](OC=O)C7(C)C)C(C)(C)[C@@H]6CC[C@]54C)[C@@H]23)CC1. The summed E-state index contributed by atoms with van der Waals surface area (Å²) in [6, 6.07) is 0. The quantitative estimate of drug-likeness (QED) is 0.206. The van der Waals surface area contributed by atoms with Gasteiger partial charge in [-0.3, -0.25) is 14.4 Å². The van der Waals surface area contributed by atoms with Crippen LogP contribution in [0.3, 0.4) is 0 Å². The summed E-state index contributed by atoms with van der Waals surface area (Å²) in [5.41, 5.74) is 0.385. The minimum absolute atomic E-state index is 0.0915. The number of hydrogen-bond donors (Lipinski definition) is 0. The van der Waals surface area contributed by atoms with Gasteiger partial charge in [-0.15, -0.1) is 0 Å².